The SMILES string of the molecule is C[C@H](NC(=O)[C@@H]1N2C(=O)c3ccccc3[C@H]2SC1(C)C)C(=O)N1CCC[C@H]1C(=O)O. The predicted molar refractivity (Wildman–Crippen MR) is 111 cm³/mol. The van der Waals surface area contributed by atoms with Gasteiger partial charge in [0, 0.05) is 16.9 Å². The normalized spacial score (nSPS) is 27.6. The lowest BCUT2D eigenvalue weighted by Crippen LogP contribution is -2.57. The van der Waals surface area contributed by atoms with Crippen molar-refractivity contribution in [3.05, 3.63) is 35.4 Å². The monoisotopic (exact) mass is 431 g/mol. The van der Waals surface area contributed by atoms with Gasteiger partial charge in [0.25, 0.3) is 5.91 Å². The van der Waals surface area contributed by atoms with E-state index in [0.29, 0.717) is 24.9 Å². The lowest BCUT2D eigenvalue weighted by Gasteiger charge is -2.31. The van der Waals surface area contributed by atoms with Crippen molar-refractivity contribution in [2.45, 2.75) is 61.9 Å². The molecular weight excluding hydrogens is 406 g/mol. The van der Waals surface area contributed by atoms with Gasteiger partial charge >= 0.3 is 5.97 Å². The largest absolute Gasteiger partial charge is 0.480 e. The molecule has 2 fully saturated rings. The number of benzene rings is 1. The quantitative estimate of drug-likeness (QED) is 0.750. The number of thioether (sulfide) groups is 1. The van der Waals surface area contributed by atoms with Crippen molar-refractivity contribution in [1.82, 2.24) is 15.1 Å². The number of rotatable bonds is 4. The van der Waals surface area contributed by atoms with Crippen LogP contribution in [0.25, 0.3) is 0 Å². The molecule has 0 radical (unpaired) electrons. The minimum absolute atomic E-state index is 0.182. The second-order valence-electron chi connectivity index (χ2n) is 8.53. The zero-order chi connectivity index (χ0) is 21.8. The Morgan fingerprint density at radius 2 is 1.97 bits per heavy atom. The summed E-state index contributed by atoms with van der Waals surface area (Å²) in [6.45, 7) is 5.76. The van der Waals surface area contributed by atoms with Crippen molar-refractivity contribution < 1.29 is 24.3 Å². The highest BCUT2D eigenvalue weighted by molar-refractivity contribution is 8.01. The average Bonchev–Trinajstić information content (AvgIpc) is 3.34. The minimum atomic E-state index is -1.03. The number of hydrogen-bond donors (Lipinski definition) is 2. The van der Waals surface area contributed by atoms with E-state index in [0.717, 1.165) is 5.56 Å². The Bertz CT molecular complexity index is 933. The number of aliphatic carboxylic acids is 1. The molecule has 30 heavy (non-hydrogen) atoms. The molecule has 9 heteroatoms. The summed E-state index contributed by atoms with van der Waals surface area (Å²) in [4.78, 5) is 53.4. The Morgan fingerprint density at radius 1 is 1.27 bits per heavy atom. The Kier molecular flexibility index (Phi) is 5.04. The third kappa shape index (κ3) is 3.15. The fourth-order valence-electron chi connectivity index (χ4n) is 4.69. The van der Waals surface area contributed by atoms with E-state index in [1.807, 2.05) is 26.0 Å². The van der Waals surface area contributed by atoms with Gasteiger partial charge < -0.3 is 20.2 Å². The summed E-state index contributed by atoms with van der Waals surface area (Å²) in [5.74, 6) is -2.03. The van der Waals surface area contributed by atoms with Crippen molar-refractivity contribution >= 4 is 35.5 Å². The molecular formula is C21H25N3O5S. The standard InChI is InChI=1S/C21H25N3O5S/c1-11(17(26)23-10-6-9-14(23)20(28)29)22-16(25)15-21(2,3)30-19-13-8-5-4-7-12(13)18(27)24(15)19/h4-5,7-8,11,14-15,19H,6,9-10H2,1-3H3,(H,22,25)(H,28,29)/t11-,14-,15-,19+/m0/s1. The van der Waals surface area contributed by atoms with E-state index in [1.165, 1.54) is 4.90 Å². The van der Waals surface area contributed by atoms with Gasteiger partial charge in [-0.05, 0) is 45.2 Å². The van der Waals surface area contributed by atoms with E-state index in [2.05, 4.69) is 5.32 Å². The second kappa shape index (κ2) is 7.30. The average molecular weight is 432 g/mol. The summed E-state index contributed by atoms with van der Waals surface area (Å²) < 4.78 is -0.544. The molecule has 4 atom stereocenters. The van der Waals surface area contributed by atoms with Crippen LogP contribution < -0.4 is 5.32 Å². The number of carbonyl (C=O) groups excluding carboxylic acids is 3. The number of likely N-dealkylation sites (tertiary alicyclic amines) is 1. The maximum atomic E-state index is 13.2. The summed E-state index contributed by atoms with van der Waals surface area (Å²) >= 11 is 1.56. The molecule has 2 saturated heterocycles. The molecule has 0 aromatic heterocycles. The van der Waals surface area contributed by atoms with Gasteiger partial charge in [-0.25, -0.2) is 4.79 Å². The third-order valence-electron chi connectivity index (χ3n) is 6.09. The molecule has 0 aliphatic carbocycles. The Morgan fingerprint density at radius 3 is 2.67 bits per heavy atom. The van der Waals surface area contributed by atoms with E-state index < -0.39 is 40.7 Å². The lowest BCUT2D eigenvalue weighted by atomic mass is 10.0. The van der Waals surface area contributed by atoms with E-state index >= 15 is 0 Å². The van der Waals surface area contributed by atoms with Gasteiger partial charge in [-0.1, -0.05) is 18.2 Å². The van der Waals surface area contributed by atoms with Crippen LogP contribution in [0, 0.1) is 0 Å². The van der Waals surface area contributed by atoms with Gasteiger partial charge in [0.05, 0.1) is 0 Å². The molecule has 0 saturated carbocycles. The molecule has 4 rings (SSSR count). The topological polar surface area (TPSA) is 107 Å². The molecule has 3 aliphatic heterocycles. The Balaban J connectivity index is 1.52. The van der Waals surface area contributed by atoms with Crippen LogP contribution in [0.4, 0.5) is 0 Å². The second-order valence-corrected chi connectivity index (χ2v) is 10.3. The van der Waals surface area contributed by atoms with E-state index in [9.17, 15) is 24.3 Å². The van der Waals surface area contributed by atoms with Crippen molar-refractivity contribution in [2.75, 3.05) is 6.54 Å². The molecule has 1 aromatic rings. The highest BCUT2D eigenvalue weighted by atomic mass is 32.2. The number of hydrogen-bond acceptors (Lipinski definition) is 5. The van der Waals surface area contributed by atoms with Gasteiger partial charge in [-0.15, -0.1) is 11.8 Å². The fraction of sp³-hybridized carbons (Fsp3) is 0.524. The number of carboxylic acid groups (broad SMARTS) is 1. The van der Waals surface area contributed by atoms with Crippen LogP contribution in [-0.2, 0) is 14.4 Å². The Hall–Kier alpha value is -2.55. The molecule has 2 N–H and O–H groups in total. The molecule has 0 spiro atoms. The van der Waals surface area contributed by atoms with Crippen LogP contribution >= 0.6 is 11.8 Å². The van der Waals surface area contributed by atoms with Gasteiger partial charge in [-0.3, -0.25) is 14.4 Å². The summed E-state index contributed by atoms with van der Waals surface area (Å²) in [7, 11) is 0. The first-order chi connectivity index (χ1) is 14.1. The van der Waals surface area contributed by atoms with Crippen molar-refractivity contribution in [1.29, 1.82) is 0 Å². The zero-order valence-corrected chi connectivity index (χ0v) is 17.9. The van der Waals surface area contributed by atoms with Crippen LogP contribution in [0.3, 0.4) is 0 Å². The Labute approximate surface area is 179 Å². The molecule has 3 aliphatic rings. The molecule has 0 bridgehead atoms. The van der Waals surface area contributed by atoms with Crippen molar-refractivity contribution in [3.63, 3.8) is 0 Å². The summed E-state index contributed by atoms with van der Waals surface area (Å²) in [6, 6.07) is 4.89. The first-order valence-corrected chi connectivity index (χ1v) is 10.9. The lowest BCUT2D eigenvalue weighted by molar-refractivity contribution is -0.149. The number of fused-ring (bicyclic) bond motifs is 3. The van der Waals surface area contributed by atoms with Gasteiger partial charge in [-0.2, -0.15) is 0 Å². The molecule has 3 amide bonds. The third-order valence-corrected chi connectivity index (χ3v) is 7.63. The first kappa shape index (κ1) is 20.7. The number of carboxylic acids is 1. The van der Waals surface area contributed by atoms with E-state index in [1.54, 1.807) is 35.7 Å². The molecule has 0 unspecified atom stereocenters. The van der Waals surface area contributed by atoms with E-state index in [4.69, 9.17) is 0 Å². The number of amides is 3. The summed E-state index contributed by atoms with van der Waals surface area (Å²) in [6.07, 6.45) is 1.04. The van der Waals surface area contributed by atoms with Crippen molar-refractivity contribution in [2.24, 2.45) is 0 Å². The molecule has 8 nitrogen and oxygen atoms in total. The van der Waals surface area contributed by atoms with Crippen LogP contribution in [-0.4, -0.2) is 68.0 Å². The van der Waals surface area contributed by atoms with Crippen LogP contribution in [0.15, 0.2) is 24.3 Å². The predicted octanol–water partition coefficient (Wildman–Crippen LogP) is 1.62. The molecule has 3 heterocycles. The van der Waals surface area contributed by atoms with Crippen LogP contribution in [0.2, 0.25) is 0 Å². The number of carbonyl (C=O) groups is 4. The maximum absolute atomic E-state index is 13.2. The summed E-state index contributed by atoms with van der Waals surface area (Å²) in [5, 5.41) is 11.8. The minimum Gasteiger partial charge on any atom is -0.480 e. The number of nitrogens with zero attached hydrogens (tertiary/aromatic N) is 2. The smallest absolute Gasteiger partial charge is 0.326 e. The fourth-order valence-corrected chi connectivity index (χ4v) is 6.28. The van der Waals surface area contributed by atoms with Gasteiger partial charge in [0.1, 0.15) is 23.5 Å². The first-order valence-electron chi connectivity index (χ1n) is 10.1. The number of nitrogens with one attached hydrogen (secondary N) is 1. The highest BCUT2D eigenvalue weighted by Gasteiger charge is 2.57. The van der Waals surface area contributed by atoms with Crippen LogP contribution in [0.1, 0.15) is 54.9 Å². The van der Waals surface area contributed by atoms with Gasteiger partial charge in [0.15, 0.2) is 0 Å². The molecule has 160 valence electrons. The van der Waals surface area contributed by atoms with Crippen molar-refractivity contribution in [3.8, 4) is 0 Å². The maximum Gasteiger partial charge on any atom is 0.326 e. The van der Waals surface area contributed by atoms with Gasteiger partial charge in [0.2, 0.25) is 11.8 Å². The highest BCUT2D eigenvalue weighted by Crippen LogP contribution is 2.56. The van der Waals surface area contributed by atoms with Crippen LogP contribution in [0.5, 0.6) is 0 Å². The molecule has 1 aromatic carbocycles. The summed E-state index contributed by atoms with van der Waals surface area (Å²) in [5.41, 5.74) is 1.51. The zero-order valence-electron chi connectivity index (χ0n) is 17.1. The van der Waals surface area contributed by atoms with E-state index in [-0.39, 0.29) is 11.3 Å².